The summed E-state index contributed by atoms with van der Waals surface area (Å²) in [5.74, 6) is 0. The van der Waals surface area contributed by atoms with Gasteiger partial charge in [0, 0.05) is 0 Å². The van der Waals surface area contributed by atoms with Gasteiger partial charge in [-0.15, -0.1) is 5.46 Å². The average Bonchev–Trinajstić information content (AvgIpc) is 2.37. The van der Waals surface area contributed by atoms with E-state index in [1.165, 1.54) is 12.1 Å². The molecule has 2 aromatic carbocycles. The van der Waals surface area contributed by atoms with Crippen LogP contribution in [0.15, 0.2) is 64.8 Å². The molecule has 0 unspecified atom stereocenters. The number of hydrogen-bond donors (Lipinski definition) is 0. The van der Waals surface area contributed by atoms with Crippen molar-refractivity contribution in [2.45, 2.75) is 0 Å². The first-order valence-electron chi connectivity index (χ1n) is 5.32. The first kappa shape index (κ1) is 12.4. The van der Waals surface area contributed by atoms with Gasteiger partial charge in [0.1, 0.15) is 0 Å². The van der Waals surface area contributed by atoms with Gasteiger partial charge in [0.25, 0.3) is 0 Å². The number of rotatable bonds is 3. The maximum Gasteiger partial charge on any atom is 0.509 e. The smallest absolute Gasteiger partial charge is 0.445 e. The van der Waals surface area contributed by atoms with E-state index in [1.807, 2.05) is 18.2 Å². The van der Waals surface area contributed by atoms with Gasteiger partial charge in [-0.05, 0) is 24.3 Å². The van der Waals surface area contributed by atoms with E-state index >= 15 is 0 Å². The number of nitrogens with zero attached hydrogens (tertiary/aromatic N) is 2. The summed E-state index contributed by atoms with van der Waals surface area (Å²) in [4.78, 5) is 0. The van der Waals surface area contributed by atoms with Crippen LogP contribution in [0.25, 0.3) is 0 Å². The van der Waals surface area contributed by atoms with Crippen molar-refractivity contribution in [1.29, 1.82) is 0 Å². The van der Waals surface area contributed by atoms with Crippen molar-refractivity contribution in [2.75, 3.05) is 0 Å². The molecule has 2 aromatic rings. The topological polar surface area (TPSA) is 24.7 Å². The fraction of sp³-hybridized carbons (Fsp3) is 0. The van der Waals surface area contributed by atoms with Gasteiger partial charge < -0.3 is 12.9 Å². The molecule has 0 saturated heterocycles. The molecule has 0 spiro atoms. The van der Waals surface area contributed by atoms with E-state index in [4.69, 9.17) is 0 Å². The van der Waals surface area contributed by atoms with E-state index in [9.17, 15) is 12.9 Å². The fourth-order valence-electron chi connectivity index (χ4n) is 1.37. The highest BCUT2D eigenvalue weighted by atomic mass is 19.4. The summed E-state index contributed by atoms with van der Waals surface area (Å²) >= 11 is 0. The van der Waals surface area contributed by atoms with Crippen LogP contribution >= 0.6 is 0 Å². The second kappa shape index (κ2) is 5.04. The summed E-state index contributed by atoms with van der Waals surface area (Å²) in [6.45, 7) is -4.95. The third-order valence-electron chi connectivity index (χ3n) is 2.31. The lowest BCUT2D eigenvalue weighted by Gasteiger charge is -2.13. The van der Waals surface area contributed by atoms with Crippen molar-refractivity contribution in [3.8, 4) is 0 Å². The summed E-state index contributed by atoms with van der Waals surface area (Å²) in [5, 5.41) is 7.78. The number of azo groups is 1. The zero-order valence-corrected chi connectivity index (χ0v) is 9.30. The molecular formula is C12H9BF3N2-. The van der Waals surface area contributed by atoms with Crippen LogP contribution in [0.5, 0.6) is 0 Å². The highest BCUT2D eigenvalue weighted by Gasteiger charge is 2.24. The van der Waals surface area contributed by atoms with Gasteiger partial charge in [-0.1, -0.05) is 30.3 Å². The summed E-state index contributed by atoms with van der Waals surface area (Å²) in [5.41, 5.74) is 0.415. The zero-order valence-electron chi connectivity index (χ0n) is 9.30. The number of hydrogen-bond acceptors (Lipinski definition) is 2. The molecule has 0 aliphatic carbocycles. The Bertz CT molecular complexity index is 535. The molecule has 92 valence electrons. The molecule has 0 heterocycles. The standard InChI is InChI=1S/C12H9BF3N2/c14-13(15,16)10-6-8-12(9-7-10)18-17-11-4-2-1-3-5-11/h1-9H/q-1. The second-order valence-electron chi connectivity index (χ2n) is 3.70. The van der Waals surface area contributed by atoms with Crippen molar-refractivity contribution >= 4 is 23.8 Å². The Morgan fingerprint density at radius 1 is 0.667 bits per heavy atom. The molecule has 0 amide bonds. The van der Waals surface area contributed by atoms with Gasteiger partial charge in [0.2, 0.25) is 0 Å². The van der Waals surface area contributed by atoms with Crippen molar-refractivity contribution in [2.24, 2.45) is 10.2 Å². The molecule has 0 fully saturated rings. The van der Waals surface area contributed by atoms with E-state index in [0.717, 1.165) is 12.1 Å². The molecule has 0 saturated carbocycles. The summed E-state index contributed by atoms with van der Waals surface area (Å²) < 4.78 is 37.1. The Kier molecular flexibility index (Phi) is 3.46. The Hall–Kier alpha value is -2.11. The van der Waals surface area contributed by atoms with Crippen LogP contribution in [0.3, 0.4) is 0 Å². The lowest BCUT2D eigenvalue weighted by Crippen LogP contribution is -2.33. The molecule has 2 rings (SSSR count). The van der Waals surface area contributed by atoms with Crippen LogP contribution in [-0.2, 0) is 0 Å². The minimum absolute atomic E-state index is 0.391. The van der Waals surface area contributed by atoms with E-state index < -0.39 is 12.4 Å². The molecule has 18 heavy (non-hydrogen) atoms. The SMILES string of the molecule is F[B-](F)(F)c1ccc(N=Nc2ccccc2)cc1. The molecule has 6 heteroatoms. The predicted molar refractivity (Wildman–Crippen MR) is 65.8 cm³/mol. The lowest BCUT2D eigenvalue weighted by molar-refractivity contribution is 0.501. The molecule has 0 atom stereocenters. The monoisotopic (exact) mass is 249 g/mol. The van der Waals surface area contributed by atoms with Crippen LogP contribution < -0.4 is 5.46 Å². The highest BCUT2D eigenvalue weighted by molar-refractivity contribution is 6.73. The predicted octanol–water partition coefficient (Wildman–Crippen LogP) is 4.16. The second-order valence-corrected chi connectivity index (χ2v) is 3.70. The Balaban J connectivity index is 2.14. The largest absolute Gasteiger partial charge is 0.509 e. The quantitative estimate of drug-likeness (QED) is 0.576. The van der Waals surface area contributed by atoms with Crippen LogP contribution in [0.1, 0.15) is 0 Å². The maximum absolute atomic E-state index is 12.4. The molecule has 0 aliphatic rings. The molecular weight excluding hydrogens is 240 g/mol. The van der Waals surface area contributed by atoms with E-state index in [2.05, 4.69) is 10.2 Å². The van der Waals surface area contributed by atoms with Gasteiger partial charge in [-0.2, -0.15) is 10.2 Å². The first-order chi connectivity index (χ1) is 8.55. The molecule has 0 N–H and O–H groups in total. The minimum Gasteiger partial charge on any atom is -0.445 e. The molecule has 0 aromatic heterocycles. The first-order valence-corrected chi connectivity index (χ1v) is 5.32. The Labute approximate surface area is 102 Å². The van der Waals surface area contributed by atoms with Crippen molar-refractivity contribution in [3.63, 3.8) is 0 Å². The maximum atomic E-state index is 12.4. The van der Waals surface area contributed by atoms with Crippen LogP contribution in [0.4, 0.5) is 24.3 Å². The lowest BCUT2D eigenvalue weighted by atomic mass is 9.80. The van der Waals surface area contributed by atoms with Crippen molar-refractivity contribution < 1.29 is 12.9 Å². The Morgan fingerprint density at radius 3 is 1.67 bits per heavy atom. The molecule has 2 nitrogen and oxygen atoms in total. The van der Waals surface area contributed by atoms with Crippen molar-refractivity contribution in [3.05, 3.63) is 54.6 Å². The highest BCUT2D eigenvalue weighted by Crippen LogP contribution is 2.18. The van der Waals surface area contributed by atoms with Crippen LogP contribution in [0, 0.1) is 0 Å². The third kappa shape index (κ3) is 3.19. The van der Waals surface area contributed by atoms with Crippen LogP contribution in [-0.4, -0.2) is 6.98 Å². The number of benzene rings is 2. The molecule has 0 bridgehead atoms. The minimum atomic E-state index is -4.95. The van der Waals surface area contributed by atoms with Gasteiger partial charge in [-0.3, -0.25) is 0 Å². The summed E-state index contributed by atoms with van der Waals surface area (Å²) in [6.07, 6.45) is 0. The fourth-order valence-corrected chi connectivity index (χ4v) is 1.37. The molecule has 0 aliphatic heterocycles. The molecule has 0 radical (unpaired) electrons. The summed E-state index contributed by atoms with van der Waals surface area (Å²) in [7, 11) is 0. The van der Waals surface area contributed by atoms with Crippen LogP contribution in [0.2, 0.25) is 0 Å². The third-order valence-corrected chi connectivity index (χ3v) is 2.31. The average molecular weight is 249 g/mol. The normalized spacial score (nSPS) is 11.9. The van der Waals surface area contributed by atoms with E-state index in [-0.39, 0.29) is 0 Å². The van der Waals surface area contributed by atoms with Gasteiger partial charge >= 0.3 is 6.98 Å². The van der Waals surface area contributed by atoms with Gasteiger partial charge in [0.05, 0.1) is 11.4 Å². The van der Waals surface area contributed by atoms with Crippen molar-refractivity contribution in [1.82, 2.24) is 0 Å². The Morgan fingerprint density at radius 2 is 1.17 bits per heavy atom. The van der Waals surface area contributed by atoms with Gasteiger partial charge in [-0.25, -0.2) is 0 Å². The number of halogens is 3. The zero-order chi connectivity index (χ0) is 13.0. The van der Waals surface area contributed by atoms with Gasteiger partial charge in [0.15, 0.2) is 0 Å². The van der Waals surface area contributed by atoms with E-state index in [1.54, 1.807) is 12.1 Å². The summed E-state index contributed by atoms with van der Waals surface area (Å²) in [6, 6.07) is 13.6. The van der Waals surface area contributed by atoms with E-state index in [0.29, 0.717) is 11.4 Å².